The topological polar surface area (TPSA) is 117 Å². The van der Waals surface area contributed by atoms with Crippen LogP contribution in [0.4, 0.5) is 11.6 Å². The number of nitrogens with two attached hydrogens (primary N) is 1. The van der Waals surface area contributed by atoms with E-state index in [-0.39, 0.29) is 5.95 Å². The fourth-order valence-electron chi connectivity index (χ4n) is 4.37. The summed E-state index contributed by atoms with van der Waals surface area (Å²) in [6.45, 7) is 7.41. The van der Waals surface area contributed by atoms with Gasteiger partial charge in [0.15, 0.2) is 17.2 Å². The standard InChI is InChI=1S/C27H20N10/c1-29-20-8-5-7-18(12-20)25-24(22-10-11-30-16-31-22)26-33-23(35-37(26)27(28)34-25)13-17-6-3-4-9-21(17)19-14-32-36(2)15-19/h3-12,14-16H,13H2,2H3,(H2,28,34). The van der Waals surface area contributed by atoms with E-state index < -0.39 is 0 Å². The third kappa shape index (κ3) is 4.04. The monoisotopic (exact) mass is 484 g/mol. The summed E-state index contributed by atoms with van der Waals surface area (Å²) < 4.78 is 3.32. The van der Waals surface area contributed by atoms with Crippen LogP contribution in [0, 0.1) is 6.57 Å². The molecular formula is C27H20N10. The van der Waals surface area contributed by atoms with Gasteiger partial charge in [-0.15, -0.1) is 5.10 Å². The number of hydrogen-bond acceptors (Lipinski definition) is 7. The molecule has 4 heterocycles. The number of rotatable bonds is 5. The maximum atomic E-state index is 7.41. The molecule has 37 heavy (non-hydrogen) atoms. The molecule has 0 unspecified atom stereocenters. The maximum Gasteiger partial charge on any atom is 0.223 e. The molecule has 2 aromatic carbocycles. The van der Waals surface area contributed by atoms with Crippen molar-refractivity contribution < 1.29 is 0 Å². The van der Waals surface area contributed by atoms with Gasteiger partial charge >= 0.3 is 0 Å². The van der Waals surface area contributed by atoms with E-state index in [9.17, 15) is 0 Å². The molecule has 6 rings (SSSR count). The van der Waals surface area contributed by atoms with Gasteiger partial charge in [-0.25, -0.2) is 24.8 Å². The average Bonchev–Trinajstić information content (AvgIpc) is 3.56. The van der Waals surface area contributed by atoms with Gasteiger partial charge in [0, 0.05) is 31.4 Å². The Labute approximate surface area is 211 Å². The van der Waals surface area contributed by atoms with E-state index in [4.69, 9.17) is 22.4 Å². The second-order valence-electron chi connectivity index (χ2n) is 8.45. The summed E-state index contributed by atoms with van der Waals surface area (Å²) in [7, 11) is 1.89. The largest absolute Gasteiger partial charge is 0.368 e. The summed E-state index contributed by atoms with van der Waals surface area (Å²) in [4.78, 5) is 21.7. The first kappa shape index (κ1) is 22.1. The van der Waals surface area contributed by atoms with Gasteiger partial charge in [0.1, 0.15) is 6.33 Å². The highest BCUT2D eigenvalue weighted by atomic mass is 15.4. The highest BCUT2D eigenvalue weighted by Gasteiger charge is 2.21. The van der Waals surface area contributed by atoms with Gasteiger partial charge in [0.25, 0.3) is 0 Å². The predicted octanol–water partition coefficient (Wildman–Crippen LogP) is 4.37. The van der Waals surface area contributed by atoms with E-state index in [0.29, 0.717) is 40.5 Å². The molecule has 0 amide bonds. The molecule has 0 fully saturated rings. The summed E-state index contributed by atoms with van der Waals surface area (Å²) in [6.07, 6.45) is 7.44. The lowest BCUT2D eigenvalue weighted by atomic mass is 10.00. The van der Waals surface area contributed by atoms with E-state index in [1.807, 2.05) is 43.7 Å². The number of hydrogen-bond donors (Lipinski definition) is 1. The summed E-state index contributed by atoms with van der Waals surface area (Å²) in [6, 6.07) is 17.1. The fraction of sp³-hybridized carbons (Fsp3) is 0.0741. The average molecular weight is 485 g/mol. The molecule has 0 aliphatic carbocycles. The van der Waals surface area contributed by atoms with Crippen LogP contribution in [0.3, 0.4) is 0 Å². The molecule has 0 bridgehead atoms. The summed E-state index contributed by atoms with van der Waals surface area (Å²) in [5.41, 5.74) is 13.2. The summed E-state index contributed by atoms with van der Waals surface area (Å²) in [5.74, 6) is 0.780. The van der Waals surface area contributed by atoms with Crippen molar-refractivity contribution in [3.63, 3.8) is 0 Å². The minimum atomic E-state index is 0.190. The quantitative estimate of drug-likeness (QED) is 0.361. The highest BCUT2D eigenvalue weighted by Crippen LogP contribution is 2.35. The minimum Gasteiger partial charge on any atom is -0.368 e. The molecule has 0 spiro atoms. The number of aromatic nitrogens is 8. The van der Waals surface area contributed by atoms with Crippen LogP contribution in [0.2, 0.25) is 0 Å². The Bertz CT molecular complexity index is 1790. The lowest BCUT2D eigenvalue weighted by molar-refractivity contribution is 0.768. The summed E-state index contributed by atoms with van der Waals surface area (Å²) in [5, 5.41) is 9.02. The van der Waals surface area contributed by atoms with Crippen molar-refractivity contribution in [1.82, 2.24) is 39.3 Å². The fourth-order valence-corrected chi connectivity index (χ4v) is 4.37. The molecule has 0 atom stereocenters. The number of benzene rings is 2. The molecule has 2 N–H and O–H groups in total. The smallest absolute Gasteiger partial charge is 0.223 e. The molecule has 0 saturated carbocycles. The minimum absolute atomic E-state index is 0.190. The Morgan fingerprint density at radius 3 is 2.70 bits per heavy atom. The molecule has 6 aromatic rings. The first-order chi connectivity index (χ1) is 18.1. The molecule has 10 nitrogen and oxygen atoms in total. The van der Waals surface area contributed by atoms with Gasteiger partial charge in [0.05, 0.1) is 29.7 Å². The van der Waals surface area contributed by atoms with Crippen molar-refractivity contribution in [2.24, 2.45) is 7.05 Å². The molecule has 0 radical (unpaired) electrons. The highest BCUT2D eigenvalue weighted by molar-refractivity contribution is 5.89. The van der Waals surface area contributed by atoms with Gasteiger partial charge in [-0.1, -0.05) is 42.5 Å². The predicted molar refractivity (Wildman–Crippen MR) is 139 cm³/mol. The first-order valence-corrected chi connectivity index (χ1v) is 11.5. The van der Waals surface area contributed by atoms with Crippen LogP contribution in [0.15, 0.2) is 79.5 Å². The van der Waals surface area contributed by atoms with E-state index in [1.165, 1.54) is 6.33 Å². The zero-order chi connectivity index (χ0) is 25.4. The van der Waals surface area contributed by atoms with Gasteiger partial charge < -0.3 is 5.73 Å². The molecule has 0 aliphatic rings. The van der Waals surface area contributed by atoms with Crippen molar-refractivity contribution in [3.8, 4) is 33.6 Å². The first-order valence-electron chi connectivity index (χ1n) is 11.5. The third-order valence-electron chi connectivity index (χ3n) is 6.02. The second kappa shape index (κ2) is 8.98. The molecule has 0 saturated heterocycles. The molecule has 10 heteroatoms. The van der Waals surface area contributed by atoms with Crippen molar-refractivity contribution >= 4 is 17.3 Å². The number of aryl methyl sites for hydroxylation is 1. The van der Waals surface area contributed by atoms with Crippen LogP contribution >= 0.6 is 0 Å². The van der Waals surface area contributed by atoms with Gasteiger partial charge in [0.2, 0.25) is 5.95 Å². The van der Waals surface area contributed by atoms with Crippen LogP contribution < -0.4 is 5.73 Å². The molecule has 4 aromatic heterocycles. The van der Waals surface area contributed by atoms with Crippen molar-refractivity contribution in [2.75, 3.05) is 5.73 Å². The van der Waals surface area contributed by atoms with Crippen LogP contribution in [-0.2, 0) is 13.5 Å². The Morgan fingerprint density at radius 2 is 1.92 bits per heavy atom. The van der Waals surface area contributed by atoms with E-state index in [1.54, 1.807) is 33.6 Å². The van der Waals surface area contributed by atoms with Crippen molar-refractivity contribution in [3.05, 3.63) is 102 Å². The molecular weight excluding hydrogens is 464 g/mol. The second-order valence-corrected chi connectivity index (χ2v) is 8.45. The molecule has 0 aliphatic heterocycles. The van der Waals surface area contributed by atoms with Crippen LogP contribution in [0.1, 0.15) is 11.4 Å². The Hall–Kier alpha value is -5.43. The van der Waals surface area contributed by atoms with Crippen LogP contribution in [0.5, 0.6) is 0 Å². The third-order valence-corrected chi connectivity index (χ3v) is 6.02. The maximum absolute atomic E-state index is 7.41. The zero-order valence-corrected chi connectivity index (χ0v) is 19.8. The SMILES string of the molecule is [C-]#[N+]c1cccc(-c2nc(N)n3nc(Cc4ccccc4-c4cnn(C)c4)nc3c2-c2ccncn2)c1. The van der Waals surface area contributed by atoms with Gasteiger partial charge in [-0.05, 0) is 28.8 Å². The van der Waals surface area contributed by atoms with E-state index in [2.05, 4.69) is 37.0 Å². The Kier molecular flexibility index (Phi) is 5.35. The lowest BCUT2D eigenvalue weighted by Crippen LogP contribution is -2.06. The normalized spacial score (nSPS) is 11.0. The van der Waals surface area contributed by atoms with Crippen LogP contribution in [0.25, 0.3) is 44.1 Å². The van der Waals surface area contributed by atoms with Crippen LogP contribution in [-0.4, -0.2) is 39.3 Å². The van der Waals surface area contributed by atoms with Crippen molar-refractivity contribution in [1.29, 1.82) is 0 Å². The Morgan fingerprint density at radius 1 is 1.03 bits per heavy atom. The zero-order valence-electron chi connectivity index (χ0n) is 19.8. The number of nitrogens with zero attached hydrogens (tertiary/aromatic N) is 9. The summed E-state index contributed by atoms with van der Waals surface area (Å²) >= 11 is 0. The van der Waals surface area contributed by atoms with Crippen molar-refractivity contribution in [2.45, 2.75) is 6.42 Å². The van der Waals surface area contributed by atoms with Gasteiger partial charge in [-0.2, -0.15) is 9.61 Å². The number of nitrogen functional groups attached to an aromatic ring is 1. The van der Waals surface area contributed by atoms with E-state index in [0.717, 1.165) is 22.3 Å². The lowest BCUT2D eigenvalue weighted by Gasteiger charge is -2.11. The Balaban J connectivity index is 1.53. The molecule has 178 valence electrons. The van der Waals surface area contributed by atoms with Gasteiger partial charge in [-0.3, -0.25) is 4.68 Å². The number of anilines is 1. The number of fused-ring (bicyclic) bond motifs is 1. The van der Waals surface area contributed by atoms with E-state index >= 15 is 0 Å².